The molecule has 0 bridgehead atoms. The molecule has 0 fully saturated rings. The number of hydrogen-bond acceptors (Lipinski definition) is 4. The van der Waals surface area contributed by atoms with Gasteiger partial charge in [0.25, 0.3) is 10.0 Å². The molecule has 6 nitrogen and oxygen atoms in total. The van der Waals surface area contributed by atoms with E-state index in [2.05, 4.69) is 14.7 Å². The largest absolute Gasteiger partial charge is 0.417 e. The molecule has 0 unspecified atom stereocenters. The van der Waals surface area contributed by atoms with Crippen molar-refractivity contribution in [1.82, 2.24) is 14.5 Å². The first-order chi connectivity index (χ1) is 12.6. The molecular formula is C17H15F3N4O2S. The third-order valence-electron chi connectivity index (χ3n) is 3.68. The van der Waals surface area contributed by atoms with Gasteiger partial charge in [-0.25, -0.2) is 9.97 Å². The first-order valence-electron chi connectivity index (χ1n) is 7.73. The van der Waals surface area contributed by atoms with Crippen LogP contribution >= 0.6 is 0 Å². The van der Waals surface area contributed by atoms with Crippen molar-refractivity contribution in [1.29, 1.82) is 0 Å². The third kappa shape index (κ3) is 4.11. The summed E-state index contributed by atoms with van der Waals surface area (Å²) in [6.07, 6.45) is -1.61. The molecule has 0 aliphatic carbocycles. The fourth-order valence-corrected chi connectivity index (χ4v) is 3.72. The molecule has 3 aromatic rings. The maximum Gasteiger partial charge on any atom is 0.417 e. The van der Waals surface area contributed by atoms with Gasteiger partial charge in [0.2, 0.25) is 0 Å². The molecule has 0 radical (unpaired) electrons. The fourth-order valence-electron chi connectivity index (χ4n) is 2.59. The maximum absolute atomic E-state index is 12.7. The van der Waals surface area contributed by atoms with E-state index < -0.39 is 21.8 Å². The Bertz CT molecular complexity index is 1050. The predicted molar refractivity (Wildman–Crippen MR) is 93.1 cm³/mol. The predicted octanol–water partition coefficient (Wildman–Crippen LogP) is 3.70. The number of sulfonamides is 1. The highest BCUT2D eigenvalue weighted by molar-refractivity contribution is 7.92. The molecule has 2 heterocycles. The number of imidazole rings is 1. The van der Waals surface area contributed by atoms with Gasteiger partial charge < -0.3 is 0 Å². The number of nitrogens with one attached hydrogen (secondary N) is 1. The minimum Gasteiger partial charge on any atom is -0.278 e. The molecule has 0 spiro atoms. The third-order valence-corrected chi connectivity index (χ3v) is 5.03. The van der Waals surface area contributed by atoms with Gasteiger partial charge in [-0.15, -0.1) is 0 Å². The molecule has 1 aromatic carbocycles. The Morgan fingerprint density at radius 3 is 2.26 bits per heavy atom. The Balaban J connectivity index is 1.96. The summed E-state index contributed by atoms with van der Waals surface area (Å²) in [5, 5.41) is -0.242. The number of benzene rings is 1. The van der Waals surface area contributed by atoms with Crippen molar-refractivity contribution >= 4 is 15.7 Å². The second kappa shape index (κ2) is 6.69. The second-order valence-electron chi connectivity index (χ2n) is 5.99. The van der Waals surface area contributed by atoms with E-state index in [0.29, 0.717) is 11.9 Å². The Kier molecular flexibility index (Phi) is 4.68. The molecule has 2 aromatic heterocycles. The van der Waals surface area contributed by atoms with Crippen LogP contribution in [0.4, 0.5) is 18.9 Å². The summed E-state index contributed by atoms with van der Waals surface area (Å²) in [7, 11) is -4.03. The highest BCUT2D eigenvalue weighted by Crippen LogP contribution is 2.29. The van der Waals surface area contributed by atoms with Crippen LogP contribution in [-0.4, -0.2) is 23.0 Å². The normalized spacial score (nSPS) is 12.2. The number of nitrogens with zero attached hydrogens (tertiary/aromatic N) is 3. The van der Waals surface area contributed by atoms with Gasteiger partial charge in [-0.1, -0.05) is 6.07 Å². The molecule has 0 saturated heterocycles. The number of alkyl halides is 3. The minimum atomic E-state index is -4.53. The summed E-state index contributed by atoms with van der Waals surface area (Å²) in [6, 6.07) is 7.15. The van der Waals surface area contributed by atoms with Crippen LogP contribution in [0.1, 0.15) is 16.7 Å². The minimum absolute atomic E-state index is 0.00120. The average molecular weight is 396 g/mol. The Labute approximate surface area is 153 Å². The van der Waals surface area contributed by atoms with Gasteiger partial charge >= 0.3 is 6.18 Å². The fraction of sp³-hybridized carbons (Fsp3) is 0.176. The van der Waals surface area contributed by atoms with Crippen molar-refractivity contribution in [3.8, 4) is 5.82 Å². The maximum atomic E-state index is 12.7. The lowest BCUT2D eigenvalue weighted by Gasteiger charge is -2.12. The van der Waals surface area contributed by atoms with Gasteiger partial charge in [-0.2, -0.15) is 21.6 Å². The van der Waals surface area contributed by atoms with E-state index in [9.17, 15) is 21.6 Å². The molecule has 10 heteroatoms. The topological polar surface area (TPSA) is 76.9 Å². The van der Waals surface area contributed by atoms with E-state index in [1.165, 1.54) is 6.33 Å². The summed E-state index contributed by atoms with van der Waals surface area (Å²) < 4.78 is 67.0. The van der Waals surface area contributed by atoms with Crippen LogP contribution < -0.4 is 4.72 Å². The Morgan fingerprint density at radius 2 is 1.70 bits per heavy atom. The van der Waals surface area contributed by atoms with Gasteiger partial charge in [0.05, 0.1) is 11.8 Å². The quantitative estimate of drug-likeness (QED) is 0.730. The molecule has 0 amide bonds. The molecule has 1 N–H and O–H groups in total. The number of pyridine rings is 1. The standard InChI is InChI=1S/C17H15F3N4O2S/c1-11-5-12(2)7-14(6-11)23-27(25,26)16-9-21-10-24(16)15-4-3-13(8-22-15)17(18,19)20/h3-10,23H,1-2H3. The lowest BCUT2D eigenvalue weighted by Crippen LogP contribution is -2.17. The Hall–Kier alpha value is -2.88. The zero-order valence-electron chi connectivity index (χ0n) is 14.3. The molecule has 27 heavy (non-hydrogen) atoms. The van der Waals surface area contributed by atoms with E-state index in [1.807, 2.05) is 19.9 Å². The van der Waals surface area contributed by atoms with Crippen molar-refractivity contribution < 1.29 is 21.6 Å². The number of halogens is 3. The summed E-state index contributed by atoms with van der Waals surface area (Å²) in [6.45, 7) is 3.67. The van der Waals surface area contributed by atoms with E-state index in [4.69, 9.17) is 0 Å². The molecule has 0 saturated carbocycles. The van der Waals surface area contributed by atoms with Crippen LogP contribution in [0.5, 0.6) is 0 Å². The molecule has 142 valence electrons. The molecule has 0 aliphatic rings. The highest BCUT2D eigenvalue weighted by Gasteiger charge is 2.31. The number of aromatic nitrogens is 3. The lowest BCUT2D eigenvalue weighted by molar-refractivity contribution is -0.137. The van der Waals surface area contributed by atoms with Gasteiger partial charge in [0, 0.05) is 11.9 Å². The first kappa shape index (κ1) is 18.9. The van der Waals surface area contributed by atoms with Crippen LogP contribution in [0.25, 0.3) is 5.82 Å². The van der Waals surface area contributed by atoms with Crippen LogP contribution in [-0.2, 0) is 16.2 Å². The summed E-state index contributed by atoms with van der Waals surface area (Å²) in [5.74, 6) is 0.00120. The number of rotatable bonds is 4. The summed E-state index contributed by atoms with van der Waals surface area (Å²) in [4.78, 5) is 7.50. The Morgan fingerprint density at radius 1 is 1.04 bits per heavy atom. The van der Waals surface area contributed by atoms with Gasteiger partial charge in [-0.3, -0.25) is 9.29 Å². The van der Waals surface area contributed by atoms with Crippen molar-refractivity contribution in [2.75, 3.05) is 4.72 Å². The van der Waals surface area contributed by atoms with Crippen molar-refractivity contribution in [3.63, 3.8) is 0 Å². The van der Waals surface area contributed by atoms with Gasteiger partial charge in [0.1, 0.15) is 12.1 Å². The van der Waals surface area contributed by atoms with E-state index in [-0.39, 0.29) is 10.8 Å². The molecular weight excluding hydrogens is 381 g/mol. The van der Waals surface area contributed by atoms with Crippen molar-refractivity contribution in [2.45, 2.75) is 25.0 Å². The highest BCUT2D eigenvalue weighted by atomic mass is 32.2. The average Bonchev–Trinajstić information content (AvgIpc) is 3.03. The van der Waals surface area contributed by atoms with Gasteiger partial charge in [0.15, 0.2) is 5.03 Å². The SMILES string of the molecule is Cc1cc(C)cc(NS(=O)(=O)c2cncn2-c2ccc(C(F)(F)F)cn2)c1. The van der Waals surface area contributed by atoms with E-state index in [0.717, 1.165) is 34.0 Å². The first-order valence-corrected chi connectivity index (χ1v) is 9.22. The zero-order valence-corrected chi connectivity index (χ0v) is 15.1. The van der Waals surface area contributed by atoms with Crippen LogP contribution in [0, 0.1) is 13.8 Å². The molecule has 3 rings (SSSR count). The van der Waals surface area contributed by atoms with E-state index in [1.54, 1.807) is 12.1 Å². The van der Waals surface area contributed by atoms with Crippen LogP contribution in [0.3, 0.4) is 0 Å². The van der Waals surface area contributed by atoms with E-state index >= 15 is 0 Å². The van der Waals surface area contributed by atoms with Crippen LogP contribution in [0.15, 0.2) is 54.1 Å². The summed E-state index contributed by atoms with van der Waals surface area (Å²) >= 11 is 0. The smallest absolute Gasteiger partial charge is 0.278 e. The monoisotopic (exact) mass is 396 g/mol. The molecule has 0 atom stereocenters. The van der Waals surface area contributed by atoms with Crippen molar-refractivity contribution in [3.05, 3.63) is 65.7 Å². The number of anilines is 1. The summed E-state index contributed by atoms with van der Waals surface area (Å²) in [5.41, 5.74) is 1.21. The lowest BCUT2D eigenvalue weighted by atomic mass is 10.1. The second-order valence-corrected chi connectivity index (χ2v) is 7.62. The zero-order chi connectivity index (χ0) is 19.8. The molecule has 0 aliphatic heterocycles. The van der Waals surface area contributed by atoms with Crippen LogP contribution in [0.2, 0.25) is 0 Å². The van der Waals surface area contributed by atoms with Gasteiger partial charge in [-0.05, 0) is 49.2 Å². The number of hydrogen-bond donors (Lipinski definition) is 1. The van der Waals surface area contributed by atoms with Crippen molar-refractivity contribution in [2.24, 2.45) is 0 Å². The number of aryl methyl sites for hydroxylation is 2.